The first-order valence-corrected chi connectivity index (χ1v) is 11.7. The van der Waals surface area contributed by atoms with E-state index in [0.717, 1.165) is 30.5 Å². The van der Waals surface area contributed by atoms with Gasteiger partial charge in [-0.1, -0.05) is 32.0 Å². The molecule has 2 heterocycles. The molecule has 29 heavy (non-hydrogen) atoms. The lowest BCUT2D eigenvalue weighted by atomic mass is 10.0. The highest BCUT2D eigenvalue weighted by atomic mass is 32.2. The number of aryl methyl sites for hydroxylation is 1. The summed E-state index contributed by atoms with van der Waals surface area (Å²) in [6, 6.07) is 7.67. The Labute approximate surface area is 174 Å². The van der Waals surface area contributed by atoms with Gasteiger partial charge in [-0.05, 0) is 50.7 Å². The summed E-state index contributed by atoms with van der Waals surface area (Å²) in [7, 11) is -1.89. The van der Waals surface area contributed by atoms with Crippen LogP contribution < -0.4 is 5.32 Å². The highest BCUT2D eigenvalue weighted by Gasteiger charge is 2.35. The number of benzene rings is 1. The quantitative estimate of drug-likeness (QED) is 0.803. The largest absolute Gasteiger partial charge is 0.342 e. The highest BCUT2D eigenvalue weighted by molar-refractivity contribution is 7.89. The second-order valence-electron chi connectivity index (χ2n) is 8.02. The molecule has 158 valence electrons. The first kappa shape index (κ1) is 21.6. The zero-order valence-electron chi connectivity index (χ0n) is 17.9. The summed E-state index contributed by atoms with van der Waals surface area (Å²) in [5.74, 6) is 0.0543. The van der Waals surface area contributed by atoms with Crippen molar-refractivity contribution in [1.29, 1.82) is 0 Å². The minimum Gasteiger partial charge on any atom is -0.342 e. The number of nitrogens with zero attached hydrogens (tertiary/aromatic N) is 2. The summed E-state index contributed by atoms with van der Waals surface area (Å²) in [5.41, 5.74) is 3.29. The van der Waals surface area contributed by atoms with E-state index >= 15 is 0 Å². The van der Waals surface area contributed by atoms with Gasteiger partial charge < -0.3 is 9.88 Å². The van der Waals surface area contributed by atoms with Gasteiger partial charge in [0.05, 0.1) is 0 Å². The topological polar surface area (TPSA) is 71.4 Å². The first-order valence-electron chi connectivity index (χ1n) is 10.2. The Bertz CT molecular complexity index is 1020. The Morgan fingerprint density at radius 3 is 2.59 bits per heavy atom. The summed E-state index contributed by atoms with van der Waals surface area (Å²) >= 11 is 0. The van der Waals surface area contributed by atoms with Gasteiger partial charge in [-0.2, -0.15) is 4.31 Å². The zero-order valence-corrected chi connectivity index (χ0v) is 18.8. The number of piperidine rings is 1. The molecule has 0 saturated carbocycles. The highest BCUT2D eigenvalue weighted by Crippen LogP contribution is 2.31. The van der Waals surface area contributed by atoms with Crippen LogP contribution in [-0.2, 0) is 23.5 Å². The standard InChI is InChI=1S/C22H31N3O3S/c1-6-18-11-7-8-12-19(18)23-22(26)20-16(3)21(17(4)24(20)5)29(27,28)25-13-9-10-15(2)14-25/h7-8,11-12,15H,6,9-10,13-14H2,1-5H3,(H,23,26)/t15-/m1/s1. The molecular weight excluding hydrogens is 386 g/mol. The molecule has 1 atom stereocenters. The third-order valence-corrected chi connectivity index (χ3v) is 8.07. The molecule has 3 rings (SSSR count). The van der Waals surface area contributed by atoms with E-state index in [1.54, 1.807) is 29.8 Å². The summed E-state index contributed by atoms with van der Waals surface area (Å²) in [6.45, 7) is 8.68. The van der Waals surface area contributed by atoms with Crippen LogP contribution in [0.4, 0.5) is 5.69 Å². The van der Waals surface area contributed by atoms with Crippen molar-refractivity contribution in [3.05, 3.63) is 46.8 Å². The molecule has 1 amide bonds. The van der Waals surface area contributed by atoms with E-state index < -0.39 is 10.0 Å². The number of hydrogen-bond donors (Lipinski definition) is 1. The predicted molar refractivity (Wildman–Crippen MR) is 116 cm³/mol. The molecule has 1 aromatic heterocycles. The van der Waals surface area contributed by atoms with Crippen molar-refractivity contribution in [2.75, 3.05) is 18.4 Å². The number of aromatic nitrogens is 1. The Morgan fingerprint density at radius 2 is 1.93 bits per heavy atom. The summed E-state index contributed by atoms with van der Waals surface area (Å²) in [4.78, 5) is 13.4. The van der Waals surface area contributed by atoms with Crippen LogP contribution in [0.25, 0.3) is 0 Å². The molecular formula is C22H31N3O3S. The van der Waals surface area contributed by atoms with Crippen molar-refractivity contribution >= 4 is 21.6 Å². The van der Waals surface area contributed by atoms with Gasteiger partial charge in [-0.15, -0.1) is 0 Å². The molecule has 0 aliphatic carbocycles. The number of carbonyl (C=O) groups excluding carboxylic acids is 1. The van der Waals surface area contributed by atoms with Gasteiger partial charge in [0.2, 0.25) is 10.0 Å². The molecule has 1 N–H and O–H groups in total. The molecule has 0 radical (unpaired) electrons. The maximum absolute atomic E-state index is 13.4. The summed E-state index contributed by atoms with van der Waals surface area (Å²) in [6.07, 6.45) is 2.71. The van der Waals surface area contributed by atoms with E-state index in [2.05, 4.69) is 12.2 Å². The predicted octanol–water partition coefficient (Wildman–Crippen LogP) is 3.88. The maximum atomic E-state index is 13.4. The average molecular weight is 418 g/mol. The number of amides is 1. The van der Waals surface area contributed by atoms with E-state index in [1.165, 1.54) is 0 Å². The molecule has 1 saturated heterocycles. The number of anilines is 1. The van der Waals surface area contributed by atoms with Crippen LogP contribution in [0.1, 0.15) is 54.0 Å². The number of sulfonamides is 1. The molecule has 1 fully saturated rings. The van der Waals surface area contributed by atoms with Gasteiger partial charge in [-0.25, -0.2) is 8.42 Å². The summed E-state index contributed by atoms with van der Waals surface area (Å²) < 4.78 is 30.1. The number of nitrogens with one attached hydrogen (secondary N) is 1. The minimum absolute atomic E-state index is 0.267. The third kappa shape index (κ3) is 3.98. The number of para-hydroxylation sites is 1. The second-order valence-corrected chi connectivity index (χ2v) is 9.90. The van der Waals surface area contributed by atoms with Gasteiger partial charge >= 0.3 is 0 Å². The van der Waals surface area contributed by atoms with Crippen molar-refractivity contribution in [3.63, 3.8) is 0 Å². The van der Waals surface area contributed by atoms with Crippen molar-refractivity contribution in [1.82, 2.24) is 8.87 Å². The van der Waals surface area contributed by atoms with E-state index in [4.69, 9.17) is 0 Å². The summed E-state index contributed by atoms with van der Waals surface area (Å²) in [5, 5.41) is 2.97. The lowest BCUT2D eigenvalue weighted by Crippen LogP contribution is -2.39. The average Bonchev–Trinajstić information content (AvgIpc) is 2.91. The fourth-order valence-corrected chi connectivity index (χ4v) is 6.35. The van der Waals surface area contributed by atoms with Crippen LogP contribution in [0, 0.1) is 19.8 Å². The Hall–Kier alpha value is -2.12. The number of hydrogen-bond acceptors (Lipinski definition) is 3. The maximum Gasteiger partial charge on any atom is 0.272 e. The van der Waals surface area contributed by atoms with Gasteiger partial charge in [0, 0.05) is 37.1 Å². The van der Waals surface area contributed by atoms with Crippen LogP contribution in [-0.4, -0.2) is 36.3 Å². The normalized spacial score (nSPS) is 18.0. The molecule has 0 unspecified atom stereocenters. The van der Waals surface area contributed by atoms with Gasteiger partial charge in [-0.3, -0.25) is 4.79 Å². The second kappa shape index (κ2) is 8.32. The SMILES string of the molecule is CCc1ccccc1NC(=O)c1c(C)c(S(=O)(=O)N2CCC[C@@H](C)C2)c(C)n1C. The van der Waals surface area contributed by atoms with Crippen LogP contribution in [0.3, 0.4) is 0 Å². The molecule has 1 aliphatic heterocycles. The molecule has 2 aromatic rings. The Morgan fingerprint density at radius 1 is 1.24 bits per heavy atom. The monoisotopic (exact) mass is 417 g/mol. The number of carbonyl (C=O) groups is 1. The van der Waals surface area contributed by atoms with Crippen LogP contribution >= 0.6 is 0 Å². The van der Waals surface area contributed by atoms with Gasteiger partial charge in [0.15, 0.2) is 0 Å². The minimum atomic E-state index is -3.64. The molecule has 7 heteroatoms. The van der Waals surface area contributed by atoms with Crippen LogP contribution in [0.5, 0.6) is 0 Å². The van der Waals surface area contributed by atoms with E-state index in [-0.39, 0.29) is 10.8 Å². The van der Waals surface area contributed by atoms with Crippen molar-refractivity contribution in [2.24, 2.45) is 13.0 Å². The van der Waals surface area contributed by atoms with Gasteiger partial charge in [0.25, 0.3) is 5.91 Å². The van der Waals surface area contributed by atoms with Crippen molar-refractivity contribution in [2.45, 2.75) is 51.9 Å². The van der Waals surface area contributed by atoms with E-state index in [9.17, 15) is 13.2 Å². The third-order valence-electron chi connectivity index (χ3n) is 5.94. The molecule has 1 aromatic carbocycles. The molecule has 0 spiro atoms. The lowest BCUT2D eigenvalue weighted by Gasteiger charge is -2.30. The van der Waals surface area contributed by atoms with Crippen LogP contribution in [0.15, 0.2) is 29.2 Å². The van der Waals surface area contributed by atoms with Gasteiger partial charge in [0.1, 0.15) is 10.6 Å². The van der Waals surface area contributed by atoms with Crippen molar-refractivity contribution < 1.29 is 13.2 Å². The van der Waals surface area contributed by atoms with Crippen LogP contribution in [0.2, 0.25) is 0 Å². The smallest absolute Gasteiger partial charge is 0.272 e. The van der Waals surface area contributed by atoms with E-state index in [0.29, 0.717) is 36.0 Å². The fraction of sp³-hybridized carbons (Fsp3) is 0.500. The number of rotatable bonds is 5. The zero-order chi connectivity index (χ0) is 21.3. The Balaban J connectivity index is 1.99. The fourth-order valence-electron chi connectivity index (χ4n) is 4.28. The Kier molecular flexibility index (Phi) is 6.19. The molecule has 6 nitrogen and oxygen atoms in total. The molecule has 1 aliphatic rings. The first-order chi connectivity index (χ1) is 13.7. The lowest BCUT2D eigenvalue weighted by molar-refractivity contribution is 0.101. The van der Waals surface area contributed by atoms with E-state index in [1.807, 2.05) is 31.2 Å². The molecule has 0 bridgehead atoms. The van der Waals surface area contributed by atoms with Crippen molar-refractivity contribution in [3.8, 4) is 0 Å².